The molecule has 1 aliphatic carbocycles. The summed E-state index contributed by atoms with van der Waals surface area (Å²) in [5, 5.41) is 3.19. The molecule has 98 valence electrons. The first kappa shape index (κ1) is 12.8. The third-order valence-corrected chi connectivity index (χ3v) is 3.54. The van der Waals surface area contributed by atoms with Crippen LogP contribution in [-0.4, -0.2) is 9.97 Å². The van der Waals surface area contributed by atoms with E-state index in [1.807, 2.05) is 0 Å². The fourth-order valence-electron chi connectivity index (χ4n) is 1.75. The van der Waals surface area contributed by atoms with Crippen LogP contribution in [0.4, 0.5) is 15.9 Å². The molecule has 2 aromatic rings. The molecule has 1 N–H and O–H groups in total. The van der Waals surface area contributed by atoms with Gasteiger partial charge in [-0.05, 0) is 47.0 Å². The molecule has 0 saturated heterocycles. The van der Waals surface area contributed by atoms with Crippen molar-refractivity contribution in [2.24, 2.45) is 0 Å². The lowest BCUT2D eigenvalue weighted by molar-refractivity contribution is 0.628. The SMILES string of the molecule is Fc1ccc(Nc2cc(Br)nc(C3CC3)n2)cc1Cl. The second-order valence-corrected chi connectivity index (χ2v) is 5.68. The van der Waals surface area contributed by atoms with Gasteiger partial charge in [-0.2, -0.15) is 0 Å². The molecule has 19 heavy (non-hydrogen) atoms. The van der Waals surface area contributed by atoms with E-state index in [9.17, 15) is 4.39 Å². The molecule has 1 aromatic heterocycles. The molecule has 1 heterocycles. The minimum absolute atomic E-state index is 0.0838. The summed E-state index contributed by atoms with van der Waals surface area (Å²) < 4.78 is 13.8. The lowest BCUT2D eigenvalue weighted by Gasteiger charge is -2.08. The normalized spacial score (nSPS) is 14.5. The van der Waals surface area contributed by atoms with Crippen LogP contribution in [0.1, 0.15) is 24.6 Å². The van der Waals surface area contributed by atoms with Crippen LogP contribution in [0, 0.1) is 5.82 Å². The minimum atomic E-state index is -0.435. The van der Waals surface area contributed by atoms with Crippen LogP contribution in [0.25, 0.3) is 0 Å². The Hall–Kier alpha value is -1.20. The van der Waals surface area contributed by atoms with Gasteiger partial charge in [0, 0.05) is 17.7 Å². The summed E-state index contributed by atoms with van der Waals surface area (Å²) in [7, 11) is 0. The highest BCUT2D eigenvalue weighted by Crippen LogP contribution is 2.39. The van der Waals surface area contributed by atoms with Crippen LogP contribution >= 0.6 is 27.5 Å². The Bertz CT molecular complexity index is 631. The van der Waals surface area contributed by atoms with E-state index in [1.165, 1.54) is 12.1 Å². The van der Waals surface area contributed by atoms with Crippen LogP contribution in [0.3, 0.4) is 0 Å². The number of nitrogens with zero attached hydrogens (tertiary/aromatic N) is 2. The van der Waals surface area contributed by atoms with Gasteiger partial charge in [-0.15, -0.1) is 0 Å². The molecule has 1 aromatic carbocycles. The predicted molar refractivity (Wildman–Crippen MR) is 76.4 cm³/mol. The lowest BCUT2D eigenvalue weighted by atomic mass is 10.3. The summed E-state index contributed by atoms with van der Waals surface area (Å²) in [6.45, 7) is 0. The lowest BCUT2D eigenvalue weighted by Crippen LogP contribution is -1.99. The summed E-state index contributed by atoms with van der Waals surface area (Å²) in [4.78, 5) is 8.80. The van der Waals surface area contributed by atoms with Crippen molar-refractivity contribution in [3.63, 3.8) is 0 Å². The van der Waals surface area contributed by atoms with Crippen LogP contribution in [-0.2, 0) is 0 Å². The number of anilines is 2. The molecule has 0 radical (unpaired) electrons. The number of hydrogen-bond acceptors (Lipinski definition) is 3. The standard InChI is InChI=1S/C13H10BrClFN3/c14-11-6-12(19-13(18-11)7-1-2-7)17-8-3-4-10(16)9(15)5-8/h3-7H,1-2H2,(H,17,18,19). The summed E-state index contributed by atoms with van der Waals surface area (Å²) in [5.41, 5.74) is 0.693. The fourth-order valence-corrected chi connectivity index (χ4v) is 2.32. The first-order valence-corrected chi connectivity index (χ1v) is 7.05. The van der Waals surface area contributed by atoms with Gasteiger partial charge < -0.3 is 5.32 Å². The molecule has 3 rings (SSSR count). The van der Waals surface area contributed by atoms with Gasteiger partial charge in [-0.1, -0.05) is 11.6 Å². The highest BCUT2D eigenvalue weighted by molar-refractivity contribution is 9.10. The third-order valence-electron chi connectivity index (χ3n) is 2.85. The molecule has 0 amide bonds. The Morgan fingerprint density at radius 1 is 1.26 bits per heavy atom. The molecule has 0 atom stereocenters. The number of hydrogen-bond donors (Lipinski definition) is 1. The zero-order valence-corrected chi connectivity index (χ0v) is 12.2. The molecule has 0 bridgehead atoms. The van der Waals surface area contributed by atoms with E-state index in [1.54, 1.807) is 12.1 Å². The van der Waals surface area contributed by atoms with Crippen molar-refractivity contribution in [3.8, 4) is 0 Å². The molecule has 0 unspecified atom stereocenters. The number of benzene rings is 1. The highest BCUT2D eigenvalue weighted by Gasteiger charge is 2.27. The van der Waals surface area contributed by atoms with Crippen molar-refractivity contribution in [1.29, 1.82) is 0 Å². The topological polar surface area (TPSA) is 37.8 Å². The summed E-state index contributed by atoms with van der Waals surface area (Å²) >= 11 is 9.12. The van der Waals surface area contributed by atoms with Gasteiger partial charge in [0.15, 0.2) is 0 Å². The Balaban J connectivity index is 1.87. The highest BCUT2D eigenvalue weighted by atomic mass is 79.9. The van der Waals surface area contributed by atoms with Gasteiger partial charge in [0.1, 0.15) is 22.1 Å². The number of rotatable bonds is 3. The Morgan fingerprint density at radius 3 is 2.74 bits per heavy atom. The van der Waals surface area contributed by atoms with Crippen LogP contribution < -0.4 is 5.32 Å². The number of halogens is 3. The van der Waals surface area contributed by atoms with E-state index >= 15 is 0 Å². The van der Waals surface area contributed by atoms with E-state index < -0.39 is 5.82 Å². The Morgan fingerprint density at radius 2 is 2.05 bits per heavy atom. The van der Waals surface area contributed by atoms with Gasteiger partial charge in [0.05, 0.1) is 5.02 Å². The Labute approximate surface area is 123 Å². The average Bonchev–Trinajstić information content (AvgIpc) is 3.17. The maximum Gasteiger partial charge on any atom is 0.141 e. The molecule has 6 heteroatoms. The molecular formula is C13H10BrClFN3. The fraction of sp³-hybridized carbons (Fsp3) is 0.231. The molecule has 0 aliphatic heterocycles. The molecule has 1 aliphatic rings. The first-order chi connectivity index (χ1) is 9.11. The van der Waals surface area contributed by atoms with Crippen LogP contribution in [0.15, 0.2) is 28.9 Å². The summed E-state index contributed by atoms with van der Waals surface area (Å²) in [6, 6.07) is 6.25. The van der Waals surface area contributed by atoms with Crippen molar-refractivity contribution in [2.45, 2.75) is 18.8 Å². The van der Waals surface area contributed by atoms with Crippen molar-refractivity contribution in [2.75, 3.05) is 5.32 Å². The molecule has 3 nitrogen and oxygen atoms in total. The number of aromatic nitrogens is 2. The molecular weight excluding hydrogens is 333 g/mol. The van der Waals surface area contributed by atoms with Gasteiger partial charge in [0.2, 0.25) is 0 Å². The van der Waals surface area contributed by atoms with Gasteiger partial charge in [-0.25, -0.2) is 14.4 Å². The average molecular weight is 343 g/mol. The maximum atomic E-state index is 13.1. The van der Waals surface area contributed by atoms with Crippen molar-refractivity contribution >= 4 is 39.0 Å². The monoisotopic (exact) mass is 341 g/mol. The predicted octanol–water partition coefficient (Wildman–Crippen LogP) is 4.65. The smallest absolute Gasteiger partial charge is 0.141 e. The summed E-state index contributed by atoms with van der Waals surface area (Å²) in [5.74, 6) is 1.54. The van der Waals surface area contributed by atoms with E-state index in [0.29, 0.717) is 17.4 Å². The van der Waals surface area contributed by atoms with E-state index in [-0.39, 0.29) is 5.02 Å². The first-order valence-electron chi connectivity index (χ1n) is 5.88. The largest absolute Gasteiger partial charge is 0.340 e. The molecule has 1 fully saturated rings. The van der Waals surface area contributed by atoms with Gasteiger partial charge in [0.25, 0.3) is 0 Å². The number of nitrogens with one attached hydrogen (secondary N) is 1. The van der Waals surface area contributed by atoms with E-state index in [2.05, 4.69) is 31.2 Å². The van der Waals surface area contributed by atoms with Gasteiger partial charge >= 0.3 is 0 Å². The van der Waals surface area contributed by atoms with Crippen molar-refractivity contribution < 1.29 is 4.39 Å². The molecule has 1 saturated carbocycles. The zero-order valence-electron chi connectivity index (χ0n) is 9.83. The van der Waals surface area contributed by atoms with E-state index in [4.69, 9.17) is 11.6 Å². The molecule has 0 spiro atoms. The zero-order chi connectivity index (χ0) is 13.4. The minimum Gasteiger partial charge on any atom is -0.340 e. The Kier molecular flexibility index (Phi) is 3.41. The van der Waals surface area contributed by atoms with Crippen molar-refractivity contribution in [1.82, 2.24) is 9.97 Å². The van der Waals surface area contributed by atoms with Crippen LogP contribution in [0.2, 0.25) is 5.02 Å². The maximum absolute atomic E-state index is 13.1. The van der Waals surface area contributed by atoms with Crippen LogP contribution in [0.5, 0.6) is 0 Å². The quantitative estimate of drug-likeness (QED) is 0.825. The van der Waals surface area contributed by atoms with Crippen molar-refractivity contribution in [3.05, 3.63) is 45.5 Å². The van der Waals surface area contributed by atoms with Gasteiger partial charge in [-0.3, -0.25) is 0 Å². The third kappa shape index (κ3) is 3.04. The van der Waals surface area contributed by atoms with E-state index in [0.717, 1.165) is 23.3 Å². The second kappa shape index (κ2) is 5.06. The summed E-state index contributed by atoms with van der Waals surface area (Å²) in [6.07, 6.45) is 2.27. The second-order valence-electron chi connectivity index (χ2n) is 4.46.